The van der Waals surface area contributed by atoms with Gasteiger partial charge in [0.25, 0.3) is 0 Å². The zero-order valence-electron chi connectivity index (χ0n) is 14.6. The highest BCUT2D eigenvalue weighted by atomic mass is 15.3. The number of hydrogen-bond donors (Lipinski definition) is 1. The molecule has 0 radical (unpaired) electrons. The molecule has 2 aromatic heterocycles. The van der Waals surface area contributed by atoms with E-state index in [4.69, 9.17) is 0 Å². The Balaban J connectivity index is 1.58. The highest BCUT2D eigenvalue weighted by molar-refractivity contribution is 5.48. The maximum Gasteiger partial charge on any atom is 0.134 e. The van der Waals surface area contributed by atoms with Crippen LogP contribution in [0.15, 0.2) is 24.8 Å². The Labute approximate surface area is 143 Å². The van der Waals surface area contributed by atoms with Crippen molar-refractivity contribution in [2.24, 2.45) is 0 Å². The molecule has 0 unspecified atom stereocenters. The maximum atomic E-state index is 4.43. The predicted molar refractivity (Wildman–Crippen MR) is 96.2 cm³/mol. The van der Waals surface area contributed by atoms with Gasteiger partial charge in [0.2, 0.25) is 0 Å². The Morgan fingerprint density at radius 2 is 2.08 bits per heavy atom. The third-order valence-corrected chi connectivity index (χ3v) is 4.37. The van der Waals surface area contributed by atoms with Crippen LogP contribution in [-0.2, 0) is 13.1 Å². The molecule has 0 aromatic carbocycles. The molecule has 0 spiro atoms. The number of aryl methyl sites for hydroxylation is 1. The number of aromatic nitrogens is 4. The van der Waals surface area contributed by atoms with Gasteiger partial charge in [-0.25, -0.2) is 9.97 Å². The molecule has 0 amide bonds. The summed E-state index contributed by atoms with van der Waals surface area (Å²) in [4.78, 5) is 13.5. The van der Waals surface area contributed by atoms with Crippen molar-refractivity contribution >= 4 is 11.6 Å². The molecule has 0 saturated carbocycles. The largest absolute Gasteiger partial charge is 0.373 e. The van der Waals surface area contributed by atoms with Crippen LogP contribution >= 0.6 is 0 Å². The van der Waals surface area contributed by atoms with Crippen molar-refractivity contribution in [2.75, 3.05) is 43.4 Å². The monoisotopic (exact) mass is 329 g/mol. The third kappa shape index (κ3) is 4.23. The van der Waals surface area contributed by atoms with E-state index in [0.717, 1.165) is 63.7 Å². The van der Waals surface area contributed by atoms with Crippen LogP contribution in [0.5, 0.6) is 0 Å². The summed E-state index contributed by atoms with van der Waals surface area (Å²) in [5.74, 6) is 1.87. The van der Waals surface area contributed by atoms with Gasteiger partial charge in [0.05, 0.1) is 6.20 Å². The lowest BCUT2D eigenvalue weighted by Crippen LogP contribution is -2.31. The van der Waals surface area contributed by atoms with Gasteiger partial charge >= 0.3 is 0 Å². The second kappa shape index (κ2) is 8.10. The van der Waals surface area contributed by atoms with Crippen molar-refractivity contribution in [3.63, 3.8) is 0 Å². The van der Waals surface area contributed by atoms with Gasteiger partial charge in [-0.1, -0.05) is 6.92 Å². The van der Waals surface area contributed by atoms with Crippen LogP contribution in [0.4, 0.5) is 11.6 Å². The Hall–Kier alpha value is -2.15. The molecule has 0 atom stereocenters. The summed E-state index contributed by atoms with van der Waals surface area (Å²) >= 11 is 0. The van der Waals surface area contributed by atoms with Crippen molar-refractivity contribution in [1.82, 2.24) is 24.6 Å². The summed E-state index contributed by atoms with van der Waals surface area (Å²) in [7, 11) is 1.88. The Kier molecular flexibility index (Phi) is 5.63. The molecule has 130 valence electrons. The molecule has 1 fully saturated rings. The molecule has 7 nitrogen and oxygen atoms in total. The van der Waals surface area contributed by atoms with E-state index in [0.29, 0.717) is 0 Å². The van der Waals surface area contributed by atoms with Crippen LogP contribution in [0.3, 0.4) is 0 Å². The van der Waals surface area contributed by atoms with Crippen LogP contribution < -0.4 is 10.2 Å². The van der Waals surface area contributed by atoms with E-state index in [1.165, 1.54) is 5.56 Å². The fourth-order valence-corrected chi connectivity index (χ4v) is 3.11. The molecular formula is C17H27N7. The molecule has 3 rings (SSSR count). The van der Waals surface area contributed by atoms with Gasteiger partial charge in [0.15, 0.2) is 0 Å². The van der Waals surface area contributed by atoms with Gasteiger partial charge < -0.3 is 10.2 Å². The molecule has 0 aliphatic carbocycles. The van der Waals surface area contributed by atoms with Crippen molar-refractivity contribution in [1.29, 1.82) is 0 Å². The molecule has 0 bridgehead atoms. The second-order valence-electron chi connectivity index (χ2n) is 6.24. The van der Waals surface area contributed by atoms with E-state index in [9.17, 15) is 0 Å². The lowest BCUT2D eigenvalue weighted by molar-refractivity contribution is 0.285. The fraction of sp³-hybridized carbons (Fsp3) is 0.588. The first-order valence-electron chi connectivity index (χ1n) is 8.77. The first-order valence-corrected chi connectivity index (χ1v) is 8.77. The highest BCUT2D eigenvalue weighted by Crippen LogP contribution is 2.17. The topological polar surface area (TPSA) is 62.1 Å². The number of rotatable bonds is 6. The first-order chi connectivity index (χ1) is 11.8. The molecule has 3 heterocycles. The van der Waals surface area contributed by atoms with Gasteiger partial charge in [-0.15, -0.1) is 0 Å². The smallest absolute Gasteiger partial charge is 0.134 e. The van der Waals surface area contributed by atoms with Crippen LogP contribution in [0.1, 0.15) is 25.3 Å². The van der Waals surface area contributed by atoms with Gasteiger partial charge in [0, 0.05) is 64.1 Å². The quantitative estimate of drug-likeness (QED) is 0.872. The Morgan fingerprint density at radius 1 is 1.17 bits per heavy atom. The Bertz CT molecular complexity index is 639. The molecule has 2 aromatic rings. The van der Waals surface area contributed by atoms with E-state index in [1.807, 2.05) is 24.0 Å². The number of hydrogen-bond acceptors (Lipinski definition) is 6. The lowest BCUT2D eigenvalue weighted by atomic mass is 10.3. The van der Waals surface area contributed by atoms with Crippen molar-refractivity contribution in [3.8, 4) is 0 Å². The van der Waals surface area contributed by atoms with Crippen LogP contribution in [0, 0.1) is 0 Å². The van der Waals surface area contributed by atoms with E-state index < -0.39 is 0 Å². The lowest BCUT2D eigenvalue weighted by Gasteiger charge is -2.22. The maximum absolute atomic E-state index is 4.43. The molecule has 1 N–H and O–H groups in total. The Morgan fingerprint density at radius 3 is 2.92 bits per heavy atom. The van der Waals surface area contributed by atoms with Gasteiger partial charge in [-0.05, 0) is 12.8 Å². The van der Waals surface area contributed by atoms with E-state index in [-0.39, 0.29) is 0 Å². The first kappa shape index (κ1) is 16.7. The molecular weight excluding hydrogens is 302 g/mol. The van der Waals surface area contributed by atoms with E-state index in [2.05, 4.69) is 43.3 Å². The van der Waals surface area contributed by atoms with Gasteiger partial charge in [-0.3, -0.25) is 9.58 Å². The van der Waals surface area contributed by atoms with Crippen LogP contribution in [0.25, 0.3) is 0 Å². The molecule has 24 heavy (non-hydrogen) atoms. The van der Waals surface area contributed by atoms with Crippen LogP contribution in [-0.4, -0.2) is 57.9 Å². The average Bonchev–Trinajstić information content (AvgIpc) is 2.91. The predicted octanol–water partition coefficient (Wildman–Crippen LogP) is 1.84. The average molecular weight is 329 g/mol. The summed E-state index contributed by atoms with van der Waals surface area (Å²) in [6, 6.07) is 2.02. The van der Waals surface area contributed by atoms with Gasteiger partial charge in [0.1, 0.15) is 18.0 Å². The van der Waals surface area contributed by atoms with Gasteiger partial charge in [-0.2, -0.15) is 5.10 Å². The highest BCUT2D eigenvalue weighted by Gasteiger charge is 2.17. The normalized spacial score (nSPS) is 16.2. The molecule has 1 saturated heterocycles. The van der Waals surface area contributed by atoms with Crippen LogP contribution in [0.2, 0.25) is 0 Å². The molecule has 7 heteroatoms. The van der Waals surface area contributed by atoms with Crippen molar-refractivity contribution in [3.05, 3.63) is 30.4 Å². The molecule has 1 aliphatic rings. The van der Waals surface area contributed by atoms with E-state index in [1.54, 1.807) is 6.33 Å². The summed E-state index contributed by atoms with van der Waals surface area (Å²) in [6.45, 7) is 8.32. The summed E-state index contributed by atoms with van der Waals surface area (Å²) in [6.07, 6.45) is 8.07. The SMILES string of the molecule is CCCn1cc(CN2CCCN(c3cc(NC)ncn3)CC2)cn1. The summed E-state index contributed by atoms with van der Waals surface area (Å²) in [5.41, 5.74) is 1.30. The minimum absolute atomic E-state index is 0.865. The van der Waals surface area contributed by atoms with E-state index >= 15 is 0 Å². The summed E-state index contributed by atoms with van der Waals surface area (Å²) < 4.78 is 2.04. The number of nitrogens with one attached hydrogen (secondary N) is 1. The minimum Gasteiger partial charge on any atom is -0.373 e. The standard InChI is InChI=1S/C17H27N7/c1-3-5-24-13-15(11-21-24)12-22-6-4-7-23(9-8-22)17-10-16(18-2)19-14-20-17/h10-11,13-14H,3-9,12H2,1-2H3,(H,18,19,20). The van der Waals surface area contributed by atoms with Crippen molar-refractivity contribution < 1.29 is 0 Å². The number of nitrogens with zero attached hydrogens (tertiary/aromatic N) is 6. The van der Waals surface area contributed by atoms with Crippen molar-refractivity contribution in [2.45, 2.75) is 32.9 Å². The summed E-state index contributed by atoms with van der Waals surface area (Å²) in [5, 5.41) is 7.51. The second-order valence-corrected chi connectivity index (χ2v) is 6.24. The number of anilines is 2. The zero-order chi connectivity index (χ0) is 16.8. The minimum atomic E-state index is 0.865. The fourth-order valence-electron chi connectivity index (χ4n) is 3.11. The third-order valence-electron chi connectivity index (χ3n) is 4.37. The zero-order valence-corrected chi connectivity index (χ0v) is 14.6. The molecule has 1 aliphatic heterocycles.